The van der Waals surface area contributed by atoms with Gasteiger partial charge in [-0.3, -0.25) is 9.59 Å². The third kappa shape index (κ3) is 9.85. The summed E-state index contributed by atoms with van der Waals surface area (Å²) in [6.45, 7) is 3.04. The van der Waals surface area contributed by atoms with Gasteiger partial charge < -0.3 is 10.6 Å². The van der Waals surface area contributed by atoms with E-state index in [4.69, 9.17) is 0 Å². The predicted octanol–water partition coefficient (Wildman–Crippen LogP) is 2.90. The number of nitrogens with one attached hydrogen (secondary N) is 2. The molecule has 0 aromatic rings. The Bertz CT molecular complexity index is 343. The topological polar surface area (TPSA) is 58.2 Å². The number of hydrogen-bond acceptors (Lipinski definition) is 4. The molecule has 0 radical (unpaired) electrons. The van der Waals surface area contributed by atoms with Gasteiger partial charge in [0, 0.05) is 30.5 Å². The normalized spacial score (nSPS) is 18.0. The van der Waals surface area contributed by atoms with Gasteiger partial charge in [-0.2, -0.15) is 0 Å². The van der Waals surface area contributed by atoms with Crippen LogP contribution in [0.1, 0.15) is 45.4 Å². The first-order chi connectivity index (χ1) is 10.2. The SMILES string of the molecule is CC=CC(=O)NCCCNC(=O)CCCCC1CCSS1. The van der Waals surface area contributed by atoms with Crippen LogP contribution in [0.2, 0.25) is 0 Å². The Morgan fingerprint density at radius 1 is 1.19 bits per heavy atom. The number of hydrogen-bond donors (Lipinski definition) is 2. The number of carbonyl (C=O) groups excluding carboxylic acids is 2. The number of unbranched alkanes of at least 4 members (excludes halogenated alkanes) is 1. The maximum absolute atomic E-state index is 11.6. The summed E-state index contributed by atoms with van der Waals surface area (Å²) < 4.78 is 0. The Hall–Kier alpha value is -0.620. The van der Waals surface area contributed by atoms with E-state index in [9.17, 15) is 9.59 Å². The van der Waals surface area contributed by atoms with Gasteiger partial charge in [-0.1, -0.05) is 34.1 Å². The molecule has 0 saturated carbocycles. The van der Waals surface area contributed by atoms with Crippen LogP contribution in [0.3, 0.4) is 0 Å². The standard InChI is InChI=1S/C15H26N2O2S2/c1-2-6-14(18)16-10-5-11-17-15(19)8-4-3-7-13-9-12-20-21-13/h2,6,13H,3-5,7-12H2,1H3,(H,16,18)(H,17,19). The molecule has 1 saturated heterocycles. The van der Waals surface area contributed by atoms with Crippen molar-refractivity contribution in [1.82, 2.24) is 10.6 Å². The highest BCUT2D eigenvalue weighted by Crippen LogP contribution is 2.39. The molecule has 6 heteroatoms. The number of allylic oxidation sites excluding steroid dienone is 1. The van der Waals surface area contributed by atoms with E-state index in [-0.39, 0.29) is 11.8 Å². The van der Waals surface area contributed by atoms with Crippen molar-refractivity contribution in [1.29, 1.82) is 0 Å². The Morgan fingerprint density at radius 2 is 2.00 bits per heavy atom. The lowest BCUT2D eigenvalue weighted by Crippen LogP contribution is -2.28. The molecule has 2 N–H and O–H groups in total. The largest absolute Gasteiger partial charge is 0.356 e. The molecule has 0 aromatic heterocycles. The lowest BCUT2D eigenvalue weighted by atomic mass is 10.1. The van der Waals surface area contributed by atoms with Crippen LogP contribution in [0.5, 0.6) is 0 Å². The molecule has 1 aliphatic heterocycles. The van der Waals surface area contributed by atoms with Gasteiger partial charge in [0.2, 0.25) is 11.8 Å². The Morgan fingerprint density at radius 3 is 2.71 bits per heavy atom. The van der Waals surface area contributed by atoms with Crippen LogP contribution in [0, 0.1) is 0 Å². The molecule has 1 rings (SSSR count). The van der Waals surface area contributed by atoms with Crippen molar-refractivity contribution in [3.63, 3.8) is 0 Å². The summed E-state index contributed by atoms with van der Waals surface area (Å²) in [7, 11) is 3.97. The smallest absolute Gasteiger partial charge is 0.243 e. The van der Waals surface area contributed by atoms with Crippen molar-refractivity contribution >= 4 is 33.4 Å². The predicted molar refractivity (Wildman–Crippen MR) is 92.4 cm³/mol. The molecule has 21 heavy (non-hydrogen) atoms. The van der Waals surface area contributed by atoms with Crippen molar-refractivity contribution in [3.05, 3.63) is 12.2 Å². The highest BCUT2D eigenvalue weighted by Gasteiger charge is 2.15. The minimum absolute atomic E-state index is 0.0771. The minimum atomic E-state index is -0.0771. The zero-order valence-electron chi connectivity index (χ0n) is 12.7. The van der Waals surface area contributed by atoms with Gasteiger partial charge in [0.25, 0.3) is 0 Å². The Labute approximate surface area is 135 Å². The zero-order valence-corrected chi connectivity index (χ0v) is 14.4. The fourth-order valence-corrected chi connectivity index (χ4v) is 5.08. The molecule has 4 nitrogen and oxygen atoms in total. The molecule has 0 spiro atoms. The van der Waals surface area contributed by atoms with E-state index in [0.717, 1.165) is 24.5 Å². The molecular formula is C15H26N2O2S2. The maximum atomic E-state index is 11.6. The molecule has 120 valence electrons. The van der Waals surface area contributed by atoms with Crippen LogP contribution < -0.4 is 10.6 Å². The third-order valence-corrected chi connectivity index (χ3v) is 6.21. The van der Waals surface area contributed by atoms with Gasteiger partial charge in [-0.25, -0.2) is 0 Å². The second-order valence-corrected chi connectivity index (χ2v) is 7.86. The van der Waals surface area contributed by atoms with E-state index in [2.05, 4.69) is 10.6 Å². The first-order valence-electron chi connectivity index (χ1n) is 7.68. The fourth-order valence-electron chi connectivity index (χ4n) is 2.05. The summed E-state index contributed by atoms with van der Waals surface area (Å²) in [5.74, 6) is 1.33. The van der Waals surface area contributed by atoms with Crippen LogP contribution in [-0.4, -0.2) is 35.9 Å². The summed E-state index contributed by atoms with van der Waals surface area (Å²) in [5, 5.41) is 6.46. The summed E-state index contributed by atoms with van der Waals surface area (Å²) in [6.07, 6.45) is 9.28. The summed E-state index contributed by atoms with van der Waals surface area (Å²) in [4.78, 5) is 22.8. The van der Waals surface area contributed by atoms with Gasteiger partial charge in [0.1, 0.15) is 0 Å². The van der Waals surface area contributed by atoms with E-state index in [1.54, 1.807) is 6.08 Å². The molecule has 1 heterocycles. The van der Waals surface area contributed by atoms with Crippen LogP contribution in [-0.2, 0) is 9.59 Å². The van der Waals surface area contributed by atoms with Crippen molar-refractivity contribution in [2.75, 3.05) is 18.8 Å². The minimum Gasteiger partial charge on any atom is -0.356 e. The molecule has 1 atom stereocenters. The van der Waals surface area contributed by atoms with Gasteiger partial charge in [0.15, 0.2) is 0 Å². The molecule has 0 aliphatic carbocycles. The third-order valence-electron chi connectivity index (χ3n) is 3.20. The zero-order chi connectivity index (χ0) is 15.3. The fraction of sp³-hybridized carbons (Fsp3) is 0.733. The van der Waals surface area contributed by atoms with Gasteiger partial charge in [-0.05, 0) is 38.7 Å². The molecule has 1 fully saturated rings. The van der Waals surface area contributed by atoms with Crippen molar-refractivity contribution in [3.8, 4) is 0 Å². The van der Waals surface area contributed by atoms with Crippen LogP contribution in [0.4, 0.5) is 0 Å². The lowest BCUT2D eigenvalue weighted by Gasteiger charge is -2.07. The van der Waals surface area contributed by atoms with E-state index in [0.29, 0.717) is 19.5 Å². The molecule has 1 unspecified atom stereocenters. The molecule has 0 aromatic carbocycles. The van der Waals surface area contributed by atoms with Gasteiger partial charge >= 0.3 is 0 Å². The van der Waals surface area contributed by atoms with E-state index in [1.807, 2.05) is 28.5 Å². The van der Waals surface area contributed by atoms with Crippen molar-refractivity contribution < 1.29 is 9.59 Å². The maximum Gasteiger partial charge on any atom is 0.243 e. The van der Waals surface area contributed by atoms with Crippen molar-refractivity contribution in [2.45, 2.75) is 50.7 Å². The quantitative estimate of drug-likeness (QED) is 0.367. The van der Waals surface area contributed by atoms with E-state index >= 15 is 0 Å². The summed E-state index contributed by atoms with van der Waals surface area (Å²) in [5.41, 5.74) is 0. The first-order valence-corrected chi connectivity index (χ1v) is 10.1. The second-order valence-electron chi connectivity index (χ2n) is 5.07. The number of amides is 2. The van der Waals surface area contributed by atoms with E-state index in [1.165, 1.54) is 24.7 Å². The molecule has 2 amide bonds. The summed E-state index contributed by atoms with van der Waals surface area (Å²) >= 11 is 0. The van der Waals surface area contributed by atoms with Crippen LogP contribution >= 0.6 is 21.6 Å². The van der Waals surface area contributed by atoms with Crippen molar-refractivity contribution in [2.24, 2.45) is 0 Å². The Balaban J connectivity index is 1.88. The second kappa shape index (κ2) is 12.0. The average Bonchev–Trinajstić information content (AvgIpc) is 2.97. The van der Waals surface area contributed by atoms with Crippen LogP contribution in [0.25, 0.3) is 0 Å². The van der Waals surface area contributed by atoms with Crippen LogP contribution in [0.15, 0.2) is 12.2 Å². The molecule has 0 bridgehead atoms. The molecular weight excluding hydrogens is 304 g/mol. The monoisotopic (exact) mass is 330 g/mol. The average molecular weight is 331 g/mol. The Kier molecular flexibility index (Phi) is 10.5. The highest BCUT2D eigenvalue weighted by atomic mass is 33.1. The van der Waals surface area contributed by atoms with Gasteiger partial charge in [-0.15, -0.1) is 0 Å². The first kappa shape index (κ1) is 18.4. The number of rotatable bonds is 10. The van der Waals surface area contributed by atoms with E-state index < -0.39 is 0 Å². The highest BCUT2D eigenvalue weighted by molar-refractivity contribution is 8.77. The lowest BCUT2D eigenvalue weighted by molar-refractivity contribution is -0.121. The molecule has 1 aliphatic rings. The number of carbonyl (C=O) groups is 2. The summed E-state index contributed by atoms with van der Waals surface area (Å²) in [6, 6.07) is 0. The van der Waals surface area contributed by atoms with Gasteiger partial charge in [0.05, 0.1) is 0 Å².